The third-order valence-corrected chi connectivity index (χ3v) is 19.5. The van der Waals surface area contributed by atoms with Crippen LogP contribution in [0.2, 0.25) is 15.1 Å². The number of hydrogen-bond acceptors (Lipinski definition) is 23. The number of aromatic nitrogens is 6. The molecule has 0 radical (unpaired) electrons. The zero-order valence-corrected chi connectivity index (χ0v) is 61.6. The van der Waals surface area contributed by atoms with E-state index in [1.54, 1.807) is 55.2 Å². The summed E-state index contributed by atoms with van der Waals surface area (Å²) in [5.74, 6) is -0.243. The standard InChI is InChI=1S/C26H31ClN5O6P.C19H16ClN5O2.C19H17ClN2O3.C4H8O.C2H5NO.Na.H/c1-35-24(33)8-7-23-26(38-39(34,31-10-14-36-15-11-31)32-12-16-37-17-13-32)30-21-6-5-19(27)18-20(21)25(29-23)22-4-2-3-9-28-22;1-27-17(26)8-6-15-19-24-22-11-25(19)16-7-5-12(20)10-13(16)18(23-15)14-4-2-3-9-21-14;1-25-18(24)8-7-15-17(23)10-12-5-6-13(20)11-14(12)19(22-15)16-4-2-3-9-21-16;1-2-4-5-3-1;3-1-2-4;;/h2-6,9,18,23H,7-8,10-17H2,1H3;2-5,7,9-11,15H,6,8H2,1H3;2-6,9,11,15H,7-8,10H2,1H3;1-4H2;2H,1,3H2;;/q;;;;;+1;-1/t23-;2*15-;;;;/m000..../s1. The van der Waals surface area contributed by atoms with E-state index in [1.165, 1.54) is 34.2 Å². The number of aliphatic imine (C=N–C) groups is 4. The summed E-state index contributed by atoms with van der Waals surface area (Å²) in [5, 5.41) is 9.97. The third-order valence-electron chi connectivity index (χ3n) is 16.1. The van der Waals surface area contributed by atoms with Crippen LogP contribution in [0.15, 0.2) is 154 Å². The Morgan fingerprint density at radius 3 is 1.54 bits per heavy atom. The Hall–Kier alpha value is -7.66. The van der Waals surface area contributed by atoms with Gasteiger partial charge in [0.2, 0.25) is 5.90 Å². The Kier molecular flexibility index (Phi) is 31.5. The Bertz CT molecular complexity index is 4090. The van der Waals surface area contributed by atoms with Crippen molar-refractivity contribution in [3.63, 3.8) is 0 Å². The van der Waals surface area contributed by atoms with Gasteiger partial charge in [0.25, 0.3) is 0 Å². The number of carbonyl (C=O) groups is 5. The molecule has 4 aromatic heterocycles. The molecule has 2 N–H and O–H groups in total. The Morgan fingerprint density at radius 2 is 1.05 bits per heavy atom. The predicted octanol–water partition coefficient (Wildman–Crippen LogP) is 6.96. The minimum absolute atomic E-state index is 0. The van der Waals surface area contributed by atoms with E-state index < -0.39 is 25.7 Å². The van der Waals surface area contributed by atoms with Crippen molar-refractivity contribution in [3.05, 3.63) is 194 Å². The number of Topliss-reactive ketones (excluding diaryl/α,β-unsaturated/α-hetero) is 1. The number of fused-ring (bicyclic) bond motifs is 5. The SMILES string of the molecule is C1CCOC1.COC(=O)CC[C@@H]1N=C(c2ccccn2)c2cc(Cl)ccc2-n2cnnc21.COC(=O)CC[C@@H]1N=C(c2ccccn2)c2cc(Cl)ccc2CC1=O.COC(=O)CC[C@@H]1N=C(c2ccccn2)c2cc(Cl)ccc2N=C1OP(=O)(N1CCOCC1)N1CCOCC1.NCC=O.[H-].[Na+]. The first-order chi connectivity index (χ1) is 48.6. The van der Waals surface area contributed by atoms with Gasteiger partial charge in [0.15, 0.2) is 11.6 Å². The van der Waals surface area contributed by atoms with Crippen LogP contribution in [0.3, 0.4) is 0 Å². The molecule has 3 aromatic carbocycles. The number of ketones is 1. The molecule has 0 bridgehead atoms. The van der Waals surface area contributed by atoms with Crippen LogP contribution < -0.4 is 35.3 Å². The molecular weight excluding hydrogens is 1390 g/mol. The van der Waals surface area contributed by atoms with Gasteiger partial charge < -0.3 is 44.9 Å². The molecule has 0 saturated carbocycles. The number of pyridine rings is 3. The molecule has 101 heavy (non-hydrogen) atoms. The van der Waals surface area contributed by atoms with Gasteiger partial charge in [-0.2, -0.15) is 0 Å². The monoisotopic (exact) mass is 1470 g/mol. The molecular formula is C70H78Cl3N13NaO13P. The molecule has 10 heterocycles. The van der Waals surface area contributed by atoms with Crippen molar-refractivity contribution >= 4 is 101 Å². The number of morpholine rings is 2. The fraction of sp³-hybridized carbons (Fsp3) is 0.371. The number of rotatable bonds is 16. The number of esters is 3. The number of nitrogens with zero attached hydrogens (tertiary/aromatic N) is 12. The van der Waals surface area contributed by atoms with Crippen molar-refractivity contribution in [2.24, 2.45) is 25.7 Å². The second-order valence-electron chi connectivity index (χ2n) is 22.7. The number of nitrogens with two attached hydrogens (primary N) is 1. The van der Waals surface area contributed by atoms with E-state index >= 15 is 0 Å². The van der Waals surface area contributed by atoms with E-state index in [9.17, 15) is 23.7 Å². The second kappa shape index (κ2) is 40.3. The smallest absolute Gasteiger partial charge is 1.00 e. The first kappa shape index (κ1) is 79.0. The zero-order valence-electron chi connectivity index (χ0n) is 57.5. The van der Waals surface area contributed by atoms with Gasteiger partial charge >= 0.3 is 55.1 Å². The number of hydrogen-bond donors (Lipinski definition) is 1. The summed E-state index contributed by atoms with van der Waals surface area (Å²) in [5.41, 5.74) is 13.1. The number of ether oxygens (including phenoxy) is 6. The summed E-state index contributed by atoms with van der Waals surface area (Å²) < 4.78 is 57.2. The van der Waals surface area contributed by atoms with Gasteiger partial charge in [0.1, 0.15) is 30.7 Å². The normalized spacial score (nSPS) is 17.7. The minimum Gasteiger partial charge on any atom is -1.00 e. The van der Waals surface area contributed by atoms with Gasteiger partial charge in [-0.05, 0) is 123 Å². The maximum atomic E-state index is 14.8. The molecule has 13 rings (SSSR count). The third kappa shape index (κ3) is 21.9. The van der Waals surface area contributed by atoms with Crippen LogP contribution >= 0.6 is 42.5 Å². The van der Waals surface area contributed by atoms with Crippen LogP contribution in [0.25, 0.3) is 5.69 Å². The maximum absolute atomic E-state index is 14.8. The second-order valence-corrected chi connectivity index (χ2v) is 26.3. The molecule has 0 unspecified atom stereocenters. The first-order valence-corrected chi connectivity index (χ1v) is 35.1. The van der Waals surface area contributed by atoms with Gasteiger partial charge in [0, 0.05) is 122 Å². The van der Waals surface area contributed by atoms with Crippen LogP contribution in [0.4, 0.5) is 5.69 Å². The summed E-state index contributed by atoms with van der Waals surface area (Å²) in [6, 6.07) is 31.3. The fourth-order valence-electron chi connectivity index (χ4n) is 11.1. The molecule has 26 nitrogen and oxygen atoms in total. The summed E-state index contributed by atoms with van der Waals surface area (Å²) in [6.07, 6.45) is 11.6. The van der Waals surface area contributed by atoms with E-state index in [0.29, 0.717) is 132 Å². The van der Waals surface area contributed by atoms with Crippen molar-refractivity contribution < 1.29 is 92.5 Å². The molecule has 0 aliphatic carbocycles. The summed E-state index contributed by atoms with van der Waals surface area (Å²) in [6.45, 7) is 5.70. The number of benzene rings is 3. The van der Waals surface area contributed by atoms with Gasteiger partial charge in [0.05, 0.1) is 93.3 Å². The molecule has 6 aliphatic heterocycles. The van der Waals surface area contributed by atoms with Gasteiger partial charge in [-0.25, -0.2) is 18.9 Å². The molecule has 6 aliphatic rings. The van der Waals surface area contributed by atoms with Crippen LogP contribution in [-0.2, 0) is 67.9 Å². The van der Waals surface area contributed by atoms with Crippen LogP contribution in [0.5, 0.6) is 0 Å². The maximum Gasteiger partial charge on any atom is 1.00 e. The van der Waals surface area contributed by atoms with E-state index in [1.807, 2.05) is 92.8 Å². The average Bonchev–Trinajstić information content (AvgIpc) is 1.49. The van der Waals surface area contributed by atoms with Gasteiger partial charge in [-0.1, -0.05) is 59.1 Å². The van der Waals surface area contributed by atoms with Crippen molar-refractivity contribution in [1.82, 2.24) is 39.1 Å². The van der Waals surface area contributed by atoms with Crippen molar-refractivity contribution in [3.8, 4) is 5.69 Å². The zero-order chi connectivity index (χ0) is 70.8. The van der Waals surface area contributed by atoms with Gasteiger partial charge in [-0.3, -0.25) is 53.7 Å². The number of carbonyl (C=O) groups excluding carboxylic acids is 5. The largest absolute Gasteiger partial charge is 1.00 e. The van der Waals surface area contributed by atoms with Crippen molar-refractivity contribution in [2.75, 3.05) is 93.7 Å². The Balaban J connectivity index is 0.000000205. The number of halogens is 3. The van der Waals surface area contributed by atoms with Crippen LogP contribution in [-0.4, -0.2) is 198 Å². The molecule has 3 fully saturated rings. The van der Waals surface area contributed by atoms with Crippen molar-refractivity contribution in [2.45, 2.75) is 75.9 Å². The molecule has 7 aromatic rings. The van der Waals surface area contributed by atoms with E-state index in [2.05, 4.69) is 40.6 Å². The average molecular weight is 1470 g/mol. The number of aldehydes is 1. The summed E-state index contributed by atoms with van der Waals surface area (Å²) in [4.78, 5) is 89.7. The Morgan fingerprint density at radius 1 is 0.604 bits per heavy atom. The number of methoxy groups -OCH3 is 3. The Labute approximate surface area is 623 Å². The van der Waals surface area contributed by atoms with Gasteiger partial charge in [-0.15, -0.1) is 10.2 Å². The van der Waals surface area contributed by atoms with Crippen LogP contribution in [0, 0.1) is 0 Å². The molecule has 3 atom stereocenters. The molecule has 31 heteroatoms. The van der Waals surface area contributed by atoms with E-state index in [4.69, 9.17) is 82.8 Å². The van der Waals surface area contributed by atoms with E-state index in [0.717, 1.165) is 41.3 Å². The molecule has 528 valence electrons. The van der Waals surface area contributed by atoms with E-state index in [-0.39, 0.29) is 99.3 Å². The fourth-order valence-corrected chi connectivity index (χ4v) is 13.9. The topological polar surface area (TPSA) is 318 Å². The molecule has 0 amide bonds. The molecule has 3 saturated heterocycles. The predicted molar refractivity (Wildman–Crippen MR) is 379 cm³/mol. The summed E-state index contributed by atoms with van der Waals surface area (Å²) in [7, 11) is 0.430. The summed E-state index contributed by atoms with van der Waals surface area (Å²) >= 11 is 18.8. The first-order valence-electron chi connectivity index (χ1n) is 32.4. The molecule has 0 spiro atoms. The van der Waals surface area contributed by atoms with Crippen molar-refractivity contribution in [1.29, 1.82) is 0 Å². The minimum atomic E-state index is -3.61. The quantitative estimate of drug-likeness (QED) is 0.0336. The van der Waals surface area contributed by atoms with Crippen LogP contribution in [0.1, 0.15) is 104 Å².